The molecule has 4 heteroatoms. The van der Waals surface area contributed by atoms with Gasteiger partial charge in [0.15, 0.2) is 0 Å². The second-order valence-corrected chi connectivity index (χ2v) is 85.4. The zero-order valence-corrected chi connectivity index (χ0v) is 19.2. The summed E-state index contributed by atoms with van der Waals surface area (Å²) in [5.74, 6) is 0. The average Bonchev–Trinajstić information content (AvgIpc) is 2.14. The third kappa shape index (κ3) is 10.6. The fourth-order valence-electron chi connectivity index (χ4n) is 1.75. The predicted molar refractivity (Wildman–Crippen MR) is 99.8 cm³/mol. The zero-order valence-electron chi connectivity index (χ0n) is 9.87. The van der Waals surface area contributed by atoms with E-state index in [0.717, 1.165) is 3.93 Å². The molecule has 0 fully saturated rings. The van der Waals surface area contributed by atoms with Crippen LogP contribution in [-0.2, 0) is 0 Å². The summed E-state index contributed by atoms with van der Waals surface area (Å²) >= 11 is 8.48. The van der Waals surface area contributed by atoms with Crippen LogP contribution >= 0.6 is 55.9 Å². The number of hydrogen-bond donors (Lipinski definition) is 0. The summed E-state index contributed by atoms with van der Waals surface area (Å²) in [7, 11) is 0. The van der Waals surface area contributed by atoms with Crippen molar-refractivity contribution in [2.45, 2.75) is 69.1 Å². The quantitative estimate of drug-likeness (QED) is 0.147. The van der Waals surface area contributed by atoms with Gasteiger partial charge < -0.3 is 0 Å². The first-order valence-electron chi connectivity index (χ1n) is 6.09. The second-order valence-electron chi connectivity index (χ2n) is 4.23. The van der Waals surface area contributed by atoms with E-state index in [1.807, 2.05) is 0 Å². The van der Waals surface area contributed by atoms with Crippen LogP contribution in [0.15, 0.2) is 0 Å². The molecule has 0 aromatic rings. The first kappa shape index (κ1) is 18.0. The Morgan fingerprint density at radius 1 is 0.800 bits per heavy atom. The topological polar surface area (TPSA) is 0 Å². The molecule has 92 valence electrons. The fourth-order valence-corrected chi connectivity index (χ4v) is 17.3. The van der Waals surface area contributed by atoms with E-state index in [9.17, 15) is 0 Å². The normalized spacial score (nSPS) is 12.4. The van der Waals surface area contributed by atoms with Crippen molar-refractivity contribution in [2.75, 3.05) is 0 Å². The number of rotatable bonds is 9. The fraction of sp³-hybridized carbons (Fsp3) is 1.00. The molecule has 0 spiro atoms. The maximum atomic E-state index is 2.83. The molecular weight excluding hydrogens is 632 g/mol. The van der Waals surface area contributed by atoms with Crippen LogP contribution < -0.4 is 0 Å². The van der Waals surface area contributed by atoms with Gasteiger partial charge in [-0.05, 0) is 0 Å². The van der Waals surface area contributed by atoms with E-state index in [4.69, 9.17) is 0 Å². The van der Waals surface area contributed by atoms with Crippen molar-refractivity contribution >= 4 is 62.4 Å². The monoisotopic (exact) mass is 656 g/mol. The van der Waals surface area contributed by atoms with Gasteiger partial charge >= 0.3 is 132 Å². The third-order valence-corrected chi connectivity index (χ3v) is 24.8. The van der Waals surface area contributed by atoms with Gasteiger partial charge in [-0.2, -0.15) is 0 Å². The molecule has 0 aliphatic rings. The summed E-state index contributed by atoms with van der Waals surface area (Å²) < 4.78 is 1.11. The Balaban J connectivity index is 3.85. The van der Waals surface area contributed by atoms with Gasteiger partial charge in [-0.25, -0.2) is 0 Å². The predicted octanol–water partition coefficient (Wildman–Crippen LogP) is 6.76. The molecule has 0 unspecified atom stereocenters. The van der Waals surface area contributed by atoms with E-state index >= 15 is 0 Å². The molecule has 0 aliphatic carbocycles. The molecular formula is C11H23I3Sn. The van der Waals surface area contributed by atoms with Crippen molar-refractivity contribution in [1.82, 2.24) is 0 Å². The Bertz CT molecular complexity index is 135. The minimum atomic E-state index is -1.69. The van der Waals surface area contributed by atoms with Gasteiger partial charge in [0.2, 0.25) is 0 Å². The summed E-state index contributed by atoms with van der Waals surface area (Å²) in [5, 5.41) is 0. The maximum absolute atomic E-state index is 2.83. The standard InChI is InChI=1S/C11H23.3HI.Sn/c1-3-5-7-9-11-10-8-6-4-2;;;;/h11H,3-10H2,1-2H3;3*1H;/q;;;;+3/p-3. The van der Waals surface area contributed by atoms with Crippen LogP contribution in [0.25, 0.3) is 0 Å². The van der Waals surface area contributed by atoms with E-state index in [0.29, 0.717) is 0 Å². The molecule has 0 saturated heterocycles. The van der Waals surface area contributed by atoms with E-state index < -0.39 is 6.47 Å². The van der Waals surface area contributed by atoms with Gasteiger partial charge in [0, 0.05) is 0 Å². The summed E-state index contributed by atoms with van der Waals surface area (Å²) in [6, 6.07) is 0. The first-order valence-corrected chi connectivity index (χ1v) is 32.7. The molecule has 0 N–H and O–H groups in total. The number of unbranched alkanes of at least 4 members (excludes halogenated alkanes) is 4. The van der Waals surface area contributed by atoms with Gasteiger partial charge in [-0.15, -0.1) is 0 Å². The third-order valence-electron chi connectivity index (χ3n) is 2.78. The Morgan fingerprint density at radius 3 is 1.47 bits per heavy atom. The average molecular weight is 655 g/mol. The zero-order chi connectivity index (χ0) is 11.7. The summed E-state index contributed by atoms with van der Waals surface area (Å²) in [5.41, 5.74) is 0. The Kier molecular flexibility index (Phi) is 13.0. The van der Waals surface area contributed by atoms with Crippen molar-refractivity contribution in [3.05, 3.63) is 0 Å². The molecule has 15 heavy (non-hydrogen) atoms. The van der Waals surface area contributed by atoms with Crippen molar-refractivity contribution in [3.63, 3.8) is 0 Å². The number of halogens is 3. The van der Waals surface area contributed by atoms with E-state index in [1.165, 1.54) is 51.4 Å². The van der Waals surface area contributed by atoms with Crippen LogP contribution in [0.1, 0.15) is 65.2 Å². The second kappa shape index (κ2) is 10.9. The van der Waals surface area contributed by atoms with Crippen LogP contribution in [0.3, 0.4) is 0 Å². The van der Waals surface area contributed by atoms with Gasteiger partial charge in [-0.1, -0.05) is 0 Å². The van der Waals surface area contributed by atoms with Crippen LogP contribution in [0, 0.1) is 0 Å². The van der Waals surface area contributed by atoms with E-state index in [1.54, 1.807) is 0 Å². The van der Waals surface area contributed by atoms with Crippen LogP contribution in [0.4, 0.5) is 0 Å². The van der Waals surface area contributed by atoms with Crippen molar-refractivity contribution < 1.29 is 0 Å². The van der Waals surface area contributed by atoms with E-state index in [2.05, 4.69) is 69.7 Å². The minimum absolute atomic E-state index is 1.11. The molecule has 0 nitrogen and oxygen atoms in total. The molecule has 0 aromatic carbocycles. The molecule has 0 aliphatic heterocycles. The molecule has 0 heterocycles. The van der Waals surface area contributed by atoms with Crippen LogP contribution in [0.5, 0.6) is 0 Å². The molecule has 0 aromatic heterocycles. The van der Waals surface area contributed by atoms with Crippen molar-refractivity contribution in [1.29, 1.82) is 0 Å². The van der Waals surface area contributed by atoms with Crippen LogP contribution in [-0.4, -0.2) is 6.47 Å². The molecule has 0 bridgehead atoms. The summed E-state index contributed by atoms with van der Waals surface area (Å²) in [6.45, 7) is 2.92. The molecule has 0 radical (unpaired) electrons. The first-order chi connectivity index (χ1) is 7.02. The Labute approximate surface area is 129 Å². The van der Waals surface area contributed by atoms with Crippen molar-refractivity contribution in [3.8, 4) is 0 Å². The van der Waals surface area contributed by atoms with Gasteiger partial charge in [0.1, 0.15) is 0 Å². The Morgan fingerprint density at radius 2 is 1.20 bits per heavy atom. The van der Waals surface area contributed by atoms with Gasteiger partial charge in [-0.3, -0.25) is 0 Å². The summed E-state index contributed by atoms with van der Waals surface area (Å²) in [4.78, 5) is 0. The Hall–Kier alpha value is 2.99. The SMILES string of the molecule is CCCCC[CH](CCCCC)[Sn]([I])([I])[I]. The van der Waals surface area contributed by atoms with Crippen molar-refractivity contribution in [2.24, 2.45) is 0 Å². The molecule has 0 amide bonds. The van der Waals surface area contributed by atoms with E-state index in [-0.39, 0.29) is 0 Å². The van der Waals surface area contributed by atoms with Gasteiger partial charge in [0.25, 0.3) is 0 Å². The molecule has 0 saturated carbocycles. The van der Waals surface area contributed by atoms with Gasteiger partial charge in [0.05, 0.1) is 0 Å². The molecule has 0 atom stereocenters. The molecule has 0 rings (SSSR count). The number of hydrogen-bond acceptors (Lipinski definition) is 0. The summed E-state index contributed by atoms with van der Waals surface area (Å²) in [6.07, 6.45) is 11.6. The van der Waals surface area contributed by atoms with Crippen LogP contribution in [0.2, 0.25) is 3.93 Å².